The van der Waals surface area contributed by atoms with E-state index in [-0.39, 0.29) is 11.6 Å². The smallest absolute Gasteiger partial charge is 0.206 e. The zero-order valence-corrected chi connectivity index (χ0v) is 11.3. The molecule has 0 aliphatic rings. The molecule has 0 aliphatic carbocycles. The van der Waals surface area contributed by atoms with E-state index in [1.807, 2.05) is 0 Å². The molecule has 0 saturated carbocycles. The van der Waals surface area contributed by atoms with Crippen LogP contribution in [0.3, 0.4) is 0 Å². The lowest BCUT2D eigenvalue weighted by molar-refractivity contribution is -0.219. The molecule has 0 heterocycles. The third-order valence-electron chi connectivity index (χ3n) is 3.05. The highest BCUT2D eigenvalue weighted by Crippen LogP contribution is 2.30. The first kappa shape index (κ1) is 17.1. The Morgan fingerprint density at radius 1 is 0.609 bits per heavy atom. The standard InChI is InChI=1S/C14H8F2.C2HF5/c15-13-9-5-1-2-6-10(9)14(16)12-8-4-3-7-11(12)13;3-1(4)2(5,6)7/h1-8H;1H. The van der Waals surface area contributed by atoms with Crippen molar-refractivity contribution in [2.75, 3.05) is 0 Å². The maximum Gasteiger partial charge on any atom is 0.450 e. The van der Waals surface area contributed by atoms with Gasteiger partial charge in [0.1, 0.15) is 11.6 Å². The van der Waals surface area contributed by atoms with Crippen molar-refractivity contribution in [3.8, 4) is 0 Å². The summed E-state index contributed by atoms with van der Waals surface area (Å²) >= 11 is 0. The molecule has 0 radical (unpaired) electrons. The molecular formula is C16H9F7. The van der Waals surface area contributed by atoms with Crippen molar-refractivity contribution in [1.82, 2.24) is 0 Å². The summed E-state index contributed by atoms with van der Waals surface area (Å²) in [5.41, 5.74) is 0. The van der Waals surface area contributed by atoms with Crippen LogP contribution >= 0.6 is 0 Å². The van der Waals surface area contributed by atoms with Crippen molar-refractivity contribution in [3.63, 3.8) is 0 Å². The zero-order valence-electron chi connectivity index (χ0n) is 11.3. The third-order valence-corrected chi connectivity index (χ3v) is 3.05. The highest BCUT2D eigenvalue weighted by atomic mass is 19.4. The zero-order chi connectivity index (χ0) is 17.2. The van der Waals surface area contributed by atoms with Crippen LogP contribution in [0.5, 0.6) is 0 Å². The molecule has 3 aromatic rings. The van der Waals surface area contributed by atoms with E-state index in [0.29, 0.717) is 21.5 Å². The van der Waals surface area contributed by atoms with Crippen LogP contribution in [0.15, 0.2) is 48.5 Å². The summed E-state index contributed by atoms with van der Waals surface area (Å²) in [5, 5.41) is 1.33. The van der Waals surface area contributed by atoms with Gasteiger partial charge >= 0.3 is 12.6 Å². The Balaban J connectivity index is 0.000000236. The molecule has 23 heavy (non-hydrogen) atoms. The molecular weight excluding hydrogens is 325 g/mol. The molecule has 0 atom stereocenters. The summed E-state index contributed by atoms with van der Waals surface area (Å²) in [4.78, 5) is 0. The van der Waals surface area contributed by atoms with Crippen LogP contribution in [0.2, 0.25) is 0 Å². The maximum absolute atomic E-state index is 14.1. The molecule has 3 rings (SSSR count). The van der Waals surface area contributed by atoms with Gasteiger partial charge in [-0.15, -0.1) is 0 Å². The number of hydrogen-bond donors (Lipinski definition) is 0. The maximum atomic E-state index is 14.1. The minimum Gasteiger partial charge on any atom is -0.206 e. The fraction of sp³-hybridized carbons (Fsp3) is 0.125. The normalized spacial score (nSPS) is 11.7. The largest absolute Gasteiger partial charge is 0.450 e. The number of halogens is 7. The molecule has 0 aromatic heterocycles. The predicted octanol–water partition coefficient (Wildman–Crippen LogP) is 6.09. The molecule has 0 amide bonds. The topological polar surface area (TPSA) is 0 Å². The van der Waals surface area contributed by atoms with Crippen molar-refractivity contribution in [3.05, 3.63) is 60.2 Å². The second-order valence-electron chi connectivity index (χ2n) is 4.56. The van der Waals surface area contributed by atoms with E-state index < -0.39 is 12.6 Å². The van der Waals surface area contributed by atoms with Crippen molar-refractivity contribution in [1.29, 1.82) is 0 Å². The van der Waals surface area contributed by atoms with Crippen LogP contribution in [-0.4, -0.2) is 12.6 Å². The van der Waals surface area contributed by atoms with Crippen molar-refractivity contribution in [2.45, 2.75) is 12.6 Å². The molecule has 0 N–H and O–H groups in total. The Morgan fingerprint density at radius 2 is 0.826 bits per heavy atom. The Labute approximate surface area is 126 Å². The second-order valence-corrected chi connectivity index (χ2v) is 4.56. The predicted molar refractivity (Wildman–Crippen MR) is 73.4 cm³/mol. The van der Waals surface area contributed by atoms with E-state index in [1.165, 1.54) is 0 Å². The van der Waals surface area contributed by atoms with Crippen LogP contribution in [0.4, 0.5) is 30.7 Å². The Morgan fingerprint density at radius 3 is 1.00 bits per heavy atom. The number of hydrogen-bond acceptors (Lipinski definition) is 0. The molecule has 0 unspecified atom stereocenters. The second kappa shape index (κ2) is 6.44. The Hall–Kier alpha value is -2.31. The molecule has 7 heteroatoms. The summed E-state index contributed by atoms with van der Waals surface area (Å²) < 4.78 is 80.3. The average molecular weight is 334 g/mol. The van der Waals surface area contributed by atoms with Crippen molar-refractivity contribution in [2.24, 2.45) is 0 Å². The van der Waals surface area contributed by atoms with Gasteiger partial charge in [0.2, 0.25) is 0 Å². The number of alkyl halides is 5. The molecule has 0 fully saturated rings. The molecule has 0 saturated heterocycles. The minimum absolute atomic E-state index is 0.332. The van der Waals surface area contributed by atoms with Gasteiger partial charge < -0.3 is 0 Å². The summed E-state index contributed by atoms with van der Waals surface area (Å²) in [5.74, 6) is -0.708. The highest BCUT2D eigenvalue weighted by Gasteiger charge is 2.40. The van der Waals surface area contributed by atoms with Gasteiger partial charge in [-0.05, 0) is 0 Å². The summed E-state index contributed by atoms with van der Waals surface area (Å²) in [7, 11) is 0. The monoisotopic (exact) mass is 334 g/mol. The van der Waals surface area contributed by atoms with E-state index >= 15 is 0 Å². The summed E-state index contributed by atoms with van der Waals surface area (Å²) in [6, 6.07) is 13.2. The van der Waals surface area contributed by atoms with Gasteiger partial charge in [0.05, 0.1) is 0 Å². The Bertz CT molecular complexity index is 705. The number of rotatable bonds is 0. The first-order chi connectivity index (χ1) is 10.7. The van der Waals surface area contributed by atoms with Gasteiger partial charge in [-0.1, -0.05) is 48.5 Å². The van der Waals surface area contributed by atoms with Gasteiger partial charge in [-0.25, -0.2) is 17.6 Å². The molecule has 122 valence electrons. The van der Waals surface area contributed by atoms with Crippen LogP contribution in [-0.2, 0) is 0 Å². The molecule has 0 spiro atoms. The lowest BCUT2D eigenvalue weighted by Crippen LogP contribution is -2.18. The van der Waals surface area contributed by atoms with Crippen LogP contribution in [0, 0.1) is 11.6 Å². The number of benzene rings is 3. The molecule has 0 bridgehead atoms. The minimum atomic E-state index is -5.33. The fourth-order valence-electron chi connectivity index (χ4n) is 2.02. The van der Waals surface area contributed by atoms with Crippen LogP contribution < -0.4 is 0 Å². The van der Waals surface area contributed by atoms with Crippen LogP contribution in [0.1, 0.15) is 0 Å². The lowest BCUT2D eigenvalue weighted by atomic mass is 10.0. The average Bonchev–Trinajstić information content (AvgIpc) is 2.52. The molecule has 3 aromatic carbocycles. The van der Waals surface area contributed by atoms with E-state index in [2.05, 4.69) is 0 Å². The highest BCUT2D eigenvalue weighted by molar-refractivity contribution is 5.99. The van der Waals surface area contributed by atoms with Crippen molar-refractivity contribution < 1.29 is 30.7 Å². The first-order valence-corrected chi connectivity index (χ1v) is 6.32. The van der Waals surface area contributed by atoms with E-state index in [1.54, 1.807) is 48.5 Å². The lowest BCUT2D eigenvalue weighted by Gasteiger charge is -2.06. The summed E-state index contributed by atoms with van der Waals surface area (Å²) in [6.45, 7) is 0. The first-order valence-electron chi connectivity index (χ1n) is 6.32. The van der Waals surface area contributed by atoms with Gasteiger partial charge in [0.25, 0.3) is 0 Å². The quantitative estimate of drug-likeness (QED) is 0.345. The van der Waals surface area contributed by atoms with E-state index in [9.17, 15) is 30.7 Å². The van der Waals surface area contributed by atoms with E-state index in [4.69, 9.17) is 0 Å². The SMILES string of the molecule is FC(F)C(F)(F)F.Fc1c2ccccc2c(F)c2ccccc12. The van der Waals surface area contributed by atoms with Gasteiger partial charge in [0.15, 0.2) is 0 Å². The van der Waals surface area contributed by atoms with Crippen molar-refractivity contribution >= 4 is 21.5 Å². The van der Waals surface area contributed by atoms with Gasteiger partial charge in [-0.2, -0.15) is 13.2 Å². The third kappa shape index (κ3) is 3.55. The number of fused-ring (bicyclic) bond motifs is 2. The summed E-state index contributed by atoms with van der Waals surface area (Å²) in [6.07, 6.45) is -9.53. The molecule has 0 aliphatic heterocycles. The Kier molecular flexibility index (Phi) is 4.77. The van der Waals surface area contributed by atoms with Gasteiger partial charge in [-0.3, -0.25) is 0 Å². The van der Waals surface area contributed by atoms with E-state index in [0.717, 1.165) is 0 Å². The fourth-order valence-corrected chi connectivity index (χ4v) is 2.02. The molecule has 0 nitrogen and oxygen atoms in total. The van der Waals surface area contributed by atoms with Gasteiger partial charge in [0, 0.05) is 21.5 Å². The van der Waals surface area contributed by atoms with Crippen LogP contribution in [0.25, 0.3) is 21.5 Å².